The molecular weight excluding hydrogens is 200 g/mol. The van der Waals surface area contributed by atoms with Crippen molar-refractivity contribution in [2.24, 2.45) is 5.84 Å². The summed E-state index contributed by atoms with van der Waals surface area (Å²) in [4.78, 5) is 0. The Morgan fingerprint density at radius 1 is 1.56 bits per heavy atom. The second kappa shape index (κ2) is 6.89. The number of ether oxygens (including phenoxy) is 1. The first-order valence-corrected chi connectivity index (χ1v) is 5.32. The molecule has 0 aliphatic rings. The van der Waals surface area contributed by atoms with Gasteiger partial charge in [-0.05, 0) is 30.5 Å². The fourth-order valence-corrected chi connectivity index (χ4v) is 1.59. The van der Waals surface area contributed by atoms with Crippen LogP contribution in [0, 0.1) is 12.3 Å². The van der Waals surface area contributed by atoms with E-state index in [1.807, 2.05) is 18.2 Å². The van der Waals surface area contributed by atoms with Crippen LogP contribution in [0.1, 0.15) is 18.4 Å². The van der Waals surface area contributed by atoms with Gasteiger partial charge in [0.1, 0.15) is 5.75 Å². The molecule has 0 aliphatic carbocycles. The molecule has 16 heavy (non-hydrogen) atoms. The molecule has 1 aromatic rings. The van der Waals surface area contributed by atoms with Crippen LogP contribution in [0.5, 0.6) is 5.75 Å². The van der Waals surface area contributed by atoms with Crippen LogP contribution in [-0.4, -0.2) is 13.2 Å². The predicted octanol–water partition coefficient (Wildman–Crippen LogP) is 1.48. The van der Waals surface area contributed by atoms with Crippen LogP contribution in [0.25, 0.3) is 0 Å². The van der Waals surface area contributed by atoms with E-state index in [9.17, 15) is 0 Å². The lowest BCUT2D eigenvalue weighted by atomic mass is 10.0. The zero-order valence-electron chi connectivity index (χ0n) is 9.57. The van der Waals surface area contributed by atoms with Gasteiger partial charge in [-0.15, -0.1) is 12.3 Å². The average Bonchev–Trinajstić information content (AvgIpc) is 2.34. The van der Waals surface area contributed by atoms with Gasteiger partial charge in [-0.1, -0.05) is 12.1 Å². The van der Waals surface area contributed by atoms with Gasteiger partial charge in [-0.25, -0.2) is 0 Å². The highest BCUT2D eigenvalue weighted by molar-refractivity contribution is 5.28. The SMILES string of the molecule is C#CCCC(Cc1cccc(OC)c1)NN. The molecule has 0 radical (unpaired) electrons. The van der Waals surface area contributed by atoms with Crippen LogP contribution in [0.3, 0.4) is 0 Å². The molecule has 0 aromatic heterocycles. The number of nitrogens with two attached hydrogens (primary N) is 1. The second-order valence-corrected chi connectivity index (χ2v) is 3.66. The van der Waals surface area contributed by atoms with Crippen LogP contribution < -0.4 is 16.0 Å². The summed E-state index contributed by atoms with van der Waals surface area (Å²) in [7, 11) is 1.66. The maximum atomic E-state index is 5.48. The van der Waals surface area contributed by atoms with E-state index >= 15 is 0 Å². The van der Waals surface area contributed by atoms with Gasteiger partial charge in [0.15, 0.2) is 0 Å². The summed E-state index contributed by atoms with van der Waals surface area (Å²) >= 11 is 0. The Labute approximate surface area is 97.0 Å². The molecule has 3 N–H and O–H groups in total. The third-order valence-electron chi connectivity index (χ3n) is 2.49. The summed E-state index contributed by atoms with van der Waals surface area (Å²) in [6, 6.07) is 8.19. The highest BCUT2D eigenvalue weighted by atomic mass is 16.5. The van der Waals surface area contributed by atoms with Gasteiger partial charge in [-0.3, -0.25) is 11.3 Å². The maximum absolute atomic E-state index is 5.48. The highest BCUT2D eigenvalue weighted by Gasteiger charge is 2.07. The molecule has 1 unspecified atom stereocenters. The summed E-state index contributed by atoms with van der Waals surface area (Å²) in [5.41, 5.74) is 3.98. The zero-order chi connectivity index (χ0) is 11.8. The maximum Gasteiger partial charge on any atom is 0.119 e. The summed E-state index contributed by atoms with van der Waals surface area (Å²) in [6.45, 7) is 0. The second-order valence-electron chi connectivity index (χ2n) is 3.66. The van der Waals surface area contributed by atoms with E-state index in [1.54, 1.807) is 7.11 Å². The van der Waals surface area contributed by atoms with Crippen molar-refractivity contribution in [3.05, 3.63) is 29.8 Å². The molecule has 0 saturated heterocycles. The van der Waals surface area contributed by atoms with Gasteiger partial charge in [0.25, 0.3) is 0 Å². The molecule has 1 aromatic carbocycles. The number of terminal acetylenes is 1. The first-order valence-electron chi connectivity index (χ1n) is 5.32. The summed E-state index contributed by atoms with van der Waals surface area (Å²) < 4.78 is 5.17. The van der Waals surface area contributed by atoms with Gasteiger partial charge in [0, 0.05) is 12.5 Å². The predicted molar refractivity (Wildman–Crippen MR) is 65.9 cm³/mol. The molecular formula is C13H18N2O. The minimum atomic E-state index is 0.211. The van der Waals surface area contributed by atoms with Crippen molar-refractivity contribution in [2.75, 3.05) is 7.11 Å². The molecule has 0 bridgehead atoms. The topological polar surface area (TPSA) is 47.3 Å². The molecule has 1 rings (SSSR count). The zero-order valence-corrected chi connectivity index (χ0v) is 9.57. The van der Waals surface area contributed by atoms with Crippen molar-refractivity contribution >= 4 is 0 Å². The average molecular weight is 218 g/mol. The van der Waals surface area contributed by atoms with Crippen LogP contribution >= 0.6 is 0 Å². The Hall–Kier alpha value is -1.50. The number of benzene rings is 1. The number of methoxy groups -OCH3 is 1. The fourth-order valence-electron chi connectivity index (χ4n) is 1.59. The molecule has 0 aliphatic heterocycles. The van der Waals surface area contributed by atoms with E-state index in [-0.39, 0.29) is 6.04 Å². The minimum absolute atomic E-state index is 0.211. The summed E-state index contributed by atoms with van der Waals surface area (Å²) in [5.74, 6) is 8.97. The minimum Gasteiger partial charge on any atom is -0.497 e. The van der Waals surface area contributed by atoms with Gasteiger partial charge in [0.05, 0.1) is 7.11 Å². The Morgan fingerprint density at radius 2 is 2.38 bits per heavy atom. The van der Waals surface area contributed by atoms with Crippen molar-refractivity contribution < 1.29 is 4.74 Å². The Bertz CT molecular complexity index is 357. The third-order valence-corrected chi connectivity index (χ3v) is 2.49. The van der Waals surface area contributed by atoms with Crippen molar-refractivity contribution in [1.82, 2.24) is 5.43 Å². The monoisotopic (exact) mass is 218 g/mol. The third kappa shape index (κ3) is 3.93. The number of hydrogen-bond acceptors (Lipinski definition) is 3. The van der Waals surface area contributed by atoms with Crippen LogP contribution in [-0.2, 0) is 6.42 Å². The molecule has 0 spiro atoms. The van der Waals surface area contributed by atoms with Gasteiger partial charge in [-0.2, -0.15) is 0 Å². The molecule has 0 saturated carbocycles. The van der Waals surface area contributed by atoms with Crippen molar-refractivity contribution in [3.63, 3.8) is 0 Å². The van der Waals surface area contributed by atoms with Crippen LogP contribution in [0.4, 0.5) is 0 Å². The Balaban J connectivity index is 2.59. The van der Waals surface area contributed by atoms with E-state index in [0.717, 1.165) is 25.0 Å². The Morgan fingerprint density at radius 3 is 3.00 bits per heavy atom. The molecule has 0 fully saturated rings. The first kappa shape index (κ1) is 12.6. The Kier molecular flexibility index (Phi) is 5.41. The molecule has 3 heteroatoms. The van der Waals surface area contributed by atoms with Crippen LogP contribution in [0.15, 0.2) is 24.3 Å². The van der Waals surface area contributed by atoms with E-state index in [2.05, 4.69) is 17.4 Å². The first-order chi connectivity index (χ1) is 7.80. The molecule has 1 atom stereocenters. The van der Waals surface area contributed by atoms with Crippen molar-refractivity contribution in [1.29, 1.82) is 0 Å². The smallest absolute Gasteiger partial charge is 0.119 e. The van der Waals surface area contributed by atoms with Gasteiger partial charge >= 0.3 is 0 Å². The highest BCUT2D eigenvalue weighted by Crippen LogP contribution is 2.14. The van der Waals surface area contributed by atoms with E-state index in [1.165, 1.54) is 5.56 Å². The fraction of sp³-hybridized carbons (Fsp3) is 0.385. The molecule has 86 valence electrons. The lowest BCUT2D eigenvalue weighted by Crippen LogP contribution is -2.36. The summed E-state index contributed by atoms with van der Waals surface area (Å²) in [5, 5.41) is 0. The van der Waals surface area contributed by atoms with Gasteiger partial charge < -0.3 is 4.74 Å². The number of nitrogens with one attached hydrogen (secondary N) is 1. The van der Waals surface area contributed by atoms with Crippen molar-refractivity contribution in [3.8, 4) is 18.1 Å². The van der Waals surface area contributed by atoms with E-state index in [0.29, 0.717) is 0 Å². The number of hydrogen-bond donors (Lipinski definition) is 2. The lowest BCUT2D eigenvalue weighted by Gasteiger charge is -2.14. The quantitative estimate of drug-likeness (QED) is 0.432. The number of rotatable bonds is 6. The molecule has 0 amide bonds. The van der Waals surface area contributed by atoms with Crippen LogP contribution in [0.2, 0.25) is 0 Å². The van der Waals surface area contributed by atoms with Crippen molar-refractivity contribution in [2.45, 2.75) is 25.3 Å². The lowest BCUT2D eigenvalue weighted by molar-refractivity contribution is 0.413. The normalized spacial score (nSPS) is 11.8. The standard InChI is InChI=1S/C13H18N2O/c1-3-4-7-12(15-14)9-11-6-5-8-13(10-11)16-2/h1,5-6,8,10,12,15H,4,7,9,14H2,2H3. The largest absolute Gasteiger partial charge is 0.497 e. The summed E-state index contributed by atoms with van der Waals surface area (Å²) in [6.07, 6.45) is 7.70. The van der Waals surface area contributed by atoms with E-state index < -0.39 is 0 Å². The van der Waals surface area contributed by atoms with E-state index in [4.69, 9.17) is 17.0 Å². The number of hydrazine groups is 1. The molecule has 3 nitrogen and oxygen atoms in total. The molecule has 0 heterocycles. The van der Waals surface area contributed by atoms with Gasteiger partial charge in [0.2, 0.25) is 0 Å².